The highest BCUT2D eigenvalue weighted by atomic mass is 16.1. The summed E-state index contributed by atoms with van der Waals surface area (Å²) in [5.74, 6) is 0.398. The van der Waals surface area contributed by atoms with Crippen LogP contribution in [0.15, 0.2) is 42.5 Å². The first-order valence-electron chi connectivity index (χ1n) is 5.94. The first-order chi connectivity index (χ1) is 7.65. The van der Waals surface area contributed by atoms with Crippen LogP contribution in [0.4, 0.5) is 0 Å². The zero-order chi connectivity index (χ0) is 11.2. The number of carbonyl (C=O) groups is 1. The van der Waals surface area contributed by atoms with Crippen molar-refractivity contribution >= 4 is 5.78 Å². The Morgan fingerprint density at radius 1 is 1.06 bits per heavy atom. The Kier molecular flexibility index (Phi) is 1.88. The normalized spacial score (nSPS) is 36.7. The zero-order valence-corrected chi connectivity index (χ0v) is 9.57. The highest BCUT2D eigenvalue weighted by Crippen LogP contribution is 2.50. The Labute approximate surface area is 96.2 Å². The van der Waals surface area contributed by atoms with Gasteiger partial charge in [0, 0.05) is 6.42 Å². The maximum absolute atomic E-state index is 12.3. The summed E-state index contributed by atoms with van der Waals surface area (Å²) in [6.45, 7) is 2.19. The lowest BCUT2D eigenvalue weighted by molar-refractivity contribution is -0.128. The number of benzene rings is 1. The Morgan fingerprint density at radius 2 is 1.81 bits per heavy atom. The number of allylic oxidation sites excluding steroid dienone is 2. The van der Waals surface area contributed by atoms with Gasteiger partial charge in [-0.15, -0.1) is 0 Å². The number of rotatable bonds is 1. The Balaban J connectivity index is 2.13. The van der Waals surface area contributed by atoms with Gasteiger partial charge in [0.15, 0.2) is 0 Å². The van der Waals surface area contributed by atoms with Crippen molar-refractivity contribution in [2.75, 3.05) is 0 Å². The van der Waals surface area contributed by atoms with Gasteiger partial charge in [0.05, 0.1) is 5.41 Å². The summed E-state index contributed by atoms with van der Waals surface area (Å²) in [7, 11) is 0. The molecule has 0 heterocycles. The number of carbonyl (C=O) groups excluding carboxylic acids is 1. The SMILES string of the molecule is C[C@]12C=C[C@](c3ccccc3)(CC1)C(=O)C2. The molecule has 16 heavy (non-hydrogen) atoms. The van der Waals surface area contributed by atoms with E-state index in [0.29, 0.717) is 12.2 Å². The molecular formula is C15H16O. The molecular weight excluding hydrogens is 196 g/mol. The summed E-state index contributed by atoms with van der Waals surface area (Å²) >= 11 is 0. The first-order valence-corrected chi connectivity index (χ1v) is 5.94. The molecule has 0 radical (unpaired) electrons. The van der Waals surface area contributed by atoms with Gasteiger partial charge in [-0.05, 0) is 23.8 Å². The van der Waals surface area contributed by atoms with Gasteiger partial charge >= 0.3 is 0 Å². The zero-order valence-electron chi connectivity index (χ0n) is 9.57. The molecule has 0 amide bonds. The molecule has 1 nitrogen and oxygen atoms in total. The van der Waals surface area contributed by atoms with E-state index in [2.05, 4.69) is 31.2 Å². The molecule has 82 valence electrons. The summed E-state index contributed by atoms with van der Waals surface area (Å²) in [5, 5.41) is 0. The van der Waals surface area contributed by atoms with Crippen molar-refractivity contribution < 1.29 is 4.79 Å². The lowest BCUT2D eigenvalue weighted by Gasteiger charge is -2.46. The fraction of sp³-hybridized carbons (Fsp3) is 0.400. The molecule has 0 unspecified atom stereocenters. The first kappa shape index (κ1) is 9.83. The molecule has 1 saturated carbocycles. The molecule has 1 heteroatoms. The molecule has 3 aliphatic rings. The van der Waals surface area contributed by atoms with Gasteiger partial charge in [-0.2, -0.15) is 0 Å². The van der Waals surface area contributed by atoms with E-state index in [1.54, 1.807) is 0 Å². The Bertz CT molecular complexity index is 460. The quantitative estimate of drug-likeness (QED) is 0.653. The average molecular weight is 212 g/mol. The number of ketones is 1. The highest BCUT2D eigenvalue weighted by Gasteiger charge is 2.49. The summed E-state index contributed by atoms with van der Waals surface area (Å²) in [6.07, 6.45) is 7.22. The molecule has 0 spiro atoms. The van der Waals surface area contributed by atoms with Crippen molar-refractivity contribution in [1.29, 1.82) is 0 Å². The number of Topliss-reactive ketones (excluding diaryl/α,β-unsaturated/α-hetero) is 1. The Morgan fingerprint density at radius 3 is 2.38 bits per heavy atom. The second kappa shape index (κ2) is 3.07. The summed E-state index contributed by atoms with van der Waals surface area (Å²) in [5.41, 5.74) is 0.991. The van der Waals surface area contributed by atoms with Crippen molar-refractivity contribution in [3.8, 4) is 0 Å². The predicted octanol–water partition coefficient (Wildman–Crippen LogP) is 3.25. The third-order valence-corrected chi connectivity index (χ3v) is 4.21. The maximum Gasteiger partial charge on any atom is 0.148 e. The molecule has 0 N–H and O–H groups in total. The van der Waals surface area contributed by atoms with Crippen LogP contribution in [0.2, 0.25) is 0 Å². The van der Waals surface area contributed by atoms with Crippen LogP contribution < -0.4 is 0 Å². The van der Waals surface area contributed by atoms with Gasteiger partial charge in [0.2, 0.25) is 0 Å². The van der Waals surface area contributed by atoms with Crippen LogP contribution in [0.1, 0.15) is 31.7 Å². The van der Waals surface area contributed by atoms with Gasteiger partial charge in [0.25, 0.3) is 0 Å². The Hall–Kier alpha value is -1.37. The van der Waals surface area contributed by atoms with Gasteiger partial charge < -0.3 is 0 Å². The van der Waals surface area contributed by atoms with E-state index in [4.69, 9.17) is 0 Å². The van der Waals surface area contributed by atoms with Gasteiger partial charge in [-0.1, -0.05) is 49.4 Å². The minimum absolute atomic E-state index is 0.133. The second-order valence-electron chi connectivity index (χ2n) is 5.42. The summed E-state index contributed by atoms with van der Waals surface area (Å²) in [4.78, 5) is 12.3. The lowest BCUT2D eigenvalue weighted by atomic mass is 9.56. The van der Waals surface area contributed by atoms with Gasteiger partial charge in [-0.3, -0.25) is 4.79 Å². The maximum atomic E-state index is 12.3. The molecule has 1 fully saturated rings. The number of hydrogen-bond donors (Lipinski definition) is 0. The van der Waals surface area contributed by atoms with Gasteiger partial charge in [0.1, 0.15) is 5.78 Å². The molecule has 0 saturated heterocycles. The van der Waals surface area contributed by atoms with Crippen LogP contribution in [0.5, 0.6) is 0 Å². The minimum atomic E-state index is -0.307. The van der Waals surface area contributed by atoms with Crippen molar-refractivity contribution in [3.63, 3.8) is 0 Å². The van der Waals surface area contributed by atoms with E-state index < -0.39 is 0 Å². The lowest BCUT2D eigenvalue weighted by Crippen LogP contribution is -2.46. The topological polar surface area (TPSA) is 17.1 Å². The van der Waals surface area contributed by atoms with Gasteiger partial charge in [-0.25, -0.2) is 0 Å². The monoisotopic (exact) mass is 212 g/mol. The molecule has 0 aromatic heterocycles. The fourth-order valence-electron chi connectivity index (χ4n) is 3.03. The van der Waals surface area contributed by atoms with Crippen LogP contribution in [0, 0.1) is 5.41 Å². The van der Waals surface area contributed by atoms with E-state index in [1.165, 1.54) is 0 Å². The summed E-state index contributed by atoms with van der Waals surface area (Å²) < 4.78 is 0. The van der Waals surface area contributed by atoms with Crippen molar-refractivity contribution in [2.45, 2.75) is 31.6 Å². The van der Waals surface area contributed by atoms with Crippen molar-refractivity contribution in [2.24, 2.45) is 5.41 Å². The van der Waals surface area contributed by atoms with E-state index in [0.717, 1.165) is 18.4 Å². The smallest absolute Gasteiger partial charge is 0.148 e. The van der Waals surface area contributed by atoms with E-state index in [1.807, 2.05) is 18.2 Å². The standard InChI is InChI=1S/C15H16O/c1-14-7-9-15(10-8-14,13(16)11-14)12-5-3-2-4-6-12/h2-7,9H,8,10-11H2,1H3/t14-,15+/m0/s1. The second-order valence-corrected chi connectivity index (χ2v) is 5.42. The largest absolute Gasteiger partial charge is 0.298 e. The molecule has 2 atom stereocenters. The third kappa shape index (κ3) is 1.21. The molecule has 2 bridgehead atoms. The molecule has 1 aromatic rings. The summed E-state index contributed by atoms with van der Waals surface area (Å²) in [6, 6.07) is 10.2. The van der Waals surface area contributed by atoms with Crippen molar-refractivity contribution in [1.82, 2.24) is 0 Å². The van der Waals surface area contributed by atoms with Crippen LogP contribution in [0.3, 0.4) is 0 Å². The molecule has 4 rings (SSSR count). The fourth-order valence-corrected chi connectivity index (χ4v) is 3.03. The van der Waals surface area contributed by atoms with Crippen LogP contribution >= 0.6 is 0 Å². The van der Waals surface area contributed by atoms with Crippen LogP contribution in [-0.2, 0) is 10.2 Å². The number of hydrogen-bond acceptors (Lipinski definition) is 1. The highest BCUT2D eigenvalue weighted by molar-refractivity contribution is 5.95. The van der Waals surface area contributed by atoms with Crippen LogP contribution in [-0.4, -0.2) is 5.78 Å². The molecule has 1 aromatic carbocycles. The predicted molar refractivity (Wildman–Crippen MR) is 64.2 cm³/mol. The molecule has 3 aliphatic carbocycles. The van der Waals surface area contributed by atoms with E-state index >= 15 is 0 Å². The number of fused-ring (bicyclic) bond motifs is 2. The van der Waals surface area contributed by atoms with Crippen molar-refractivity contribution in [3.05, 3.63) is 48.0 Å². The molecule has 0 aliphatic heterocycles. The van der Waals surface area contributed by atoms with E-state index in [9.17, 15) is 4.79 Å². The van der Waals surface area contributed by atoms with E-state index in [-0.39, 0.29) is 10.8 Å². The third-order valence-electron chi connectivity index (χ3n) is 4.21. The van der Waals surface area contributed by atoms with Crippen LogP contribution in [0.25, 0.3) is 0 Å². The average Bonchev–Trinajstić information content (AvgIpc) is 2.30. The minimum Gasteiger partial charge on any atom is -0.298 e.